The van der Waals surface area contributed by atoms with Gasteiger partial charge in [0.2, 0.25) is 0 Å². The van der Waals surface area contributed by atoms with Crippen molar-refractivity contribution in [3.63, 3.8) is 0 Å². The Morgan fingerprint density at radius 1 is 1.05 bits per heavy atom. The van der Waals surface area contributed by atoms with Crippen LogP contribution in [0.1, 0.15) is 30.4 Å². The van der Waals surface area contributed by atoms with Crippen LogP contribution in [-0.4, -0.2) is 68.6 Å². The highest BCUT2D eigenvalue weighted by Gasteiger charge is 2.50. The molecule has 0 spiro atoms. The molecule has 1 heterocycles. The second kappa shape index (κ2) is 12.9. The molecule has 2 fully saturated rings. The molecule has 1 aliphatic heterocycles. The van der Waals surface area contributed by atoms with Crippen LogP contribution in [0.25, 0.3) is 0 Å². The zero-order chi connectivity index (χ0) is 31.5. The summed E-state index contributed by atoms with van der Waals surface area (Å²) in [7, 11) is 5.32. The Labute approximate surface area is 242 Å². The van der Waals surface area contributed by atoms with Crippen molar-refractivity contribution in [3.8, 4) is 11.5 Å². The van der Waals surface area contributed by atoms with Crippen molar-refractivity contribution < 1.29 is 50.5 Å². The van der Waals surface area contributed by atoms with E-state index in [-0.39, 0.29) is 17.1 Å². The van der Waals surface area contributed by atoms with Crippen molar-refractivity contribution in [3.05, 3.63) is 52.5 Å². The first-order chi connectivity index (χ1) is 19.5. The van der Waals surface area contributed by atoms with Crippen LogP contribution in [0.5, 0.6) is 11.5 Å². The van der Waals surface area contributed by atoms with E-state index in [0.29, 0.717) is 17.4 Å². The highest BCUT2D eigenvalue weighted by Crippen LogP contribution is 2.49. The Morgan fingerprint density at radius 2 is 1.69 bits per heavy atom. The number of likely N-dealkylation sites (N-methyl/N-ethyl adjacent to an activating group) is 1. The van der Waals surface area contributed by atoms with Gasteiger partial charge in [0.05, 0.1) is 24.8 Å². The Balaban J connectivity index is 0.000000616. The third-order valence-corrected chi connectivity index (χ3v) is 7.77. The van der Waals surface area contributed by atoms with Crippen LogP contribution in [0.4, 0.5) is 36.8 Å². The number of hydrogen-bond acceptors (Lipinski definition) is 5. The summed E-state index contributed by atoms with van der Waals surface area (Å²) < 4.78 is 82.0. The minimum atomic E-state index is -5.08. The molecule has 2 aromatic rings. The number of carbonyl (C=O) groups excluding carboxylic acids is 1. The average molecular weight is 626 g/mol. The van der Waals surface area contributed by atoms with E-state index in [0.717, 1.165) is 44.5 Å². The number of benzene rings is 2. The van der Waals surface area contributed by atoms with Crippen molar-refractivity contribution >= 4 is 29.3 Å². The molecular weight excluding hydrogens is 596 g/mol. The fourth-order valence-corrected chi connectivity index (χ4v) is 5.85. The third-order valence-electron chi connectivity index (χ3n) is 7.44. The van der Waals surface area contributed by atoms with Crippen LogP contribution in [0, 0.1) is 5.92 Å². The minimum absolute atomic E-state index is 0.0373. The molecule has 2 aromatic carbocycles. The number of methoxy groups -OCH3 is 2. The number of hydrogen-bond donors (Lipinski definition) is 3. The molecule has 0 radical (unpaired) electrons. The third kappa shape index (κ3) is 7.71. The monoisotopic (exact) mass is 625 g/mol. The molecule has 3 atom stereocenters. The van der Waals surface area contributed by atoms with Crippen molar-refractivity contribution in [2.24, 2.45) is 5.92 Å². The van der Waals surface area contributed by atoms with Crippen LogP contribution in [0.2, 0.25) is 5.02 Å². The topological polar surface area (TPSA) is 100 Å². The van der Waals surface area contributed by atoms with E-state index < -0.39 is 34.9 Å². The second-order valence-electron chi connectivity index (χ2n) is 10.2. The molecule has 1 saturated carbocycles. The van der Waals surface area contributed by atoms with Crippen molar-refractivity contribution in [2.75, 3.05) is 39.7 Å². The highest BCUT2D eigenvalue weighted by atomic mass is 35.5. The van der Waals surface area contributed by atoms with Gasteiger partial charge in [-0.1, -0.05) is 17.7 Å². The second-order valence-corrected chi connectivity index (χ2v) is 10.6. The summed E-state index contributed by atoms with van der Waals surface area (Å²) in [4.78, 5) is 23.8. The smallest absolute Gasteiger partial charge is 0.490 e. The van der Waals surface area contributed by atoms with Gasteiger partial charge < -0.3 is 30.1 Å². The maximum atomic E-state index is 13.1. The number of carboxylic acid groups (broad SMARTS) is 1. The van der Waals surface area contributed by atoms with E-state index in [2.05, 4.69) is 28.6 Å². The number of carboxylic acids is 1. The van der Waals surface area contributed by atoms with E-state index in [1.54, 1.807) is 14.2 Å². The molecule has 2 amide bonds. The highest BCUT2D eigenvalue weighted by molar-refractivity contribution is 6.31. The zero-order valence-electron chi connectivity index (χ0n) is 22.8. The van der Waals surface area contributed by atoms with Crippen LogP contribution >= 0.6 is 11.6 Å². The largest absolute Gasteiger partial charge is 0.493 e. The Morgan fingerprint density at radius 3 is 2.26 bits per heavy atom. The van der Waals surface area contributed by atoms with E-state index in [4.69, 9.17) is 31.0 Å². The molecule has 8 nitrogen and oxygen atoms in total. The molecular formula is C27H30ClF6N3O5. The first kappa shape index (κ1) is 33.1. The molecule has 4 rings (SSSR count). The molecule has 3 N–H and O–H groups in total. The Kier molecular flexibility index (Phi) is 10.1. The number of anilines is 1. The first-order valence-electron chi connectivity index (χ1n) is 12.7. The number of aliphatic carboxylic acids is 1. The van der Waals surface area contributed by atoms with Gasteiger partial charge in [-0.15, -0.1) is 0 Å². The van der Waals surface area contributed by atoms with Crippen molar-refractivity contribution in [1.29, 1.82) is 0 Å². The lowest BCUT2D eigenvalue weighted by Crippen LogP contribution is -2.48. The number of amides is 2. The number of nitrogens with zero attached hydrogens (tertiary/aromatic N) is 1. The quantitative estimate of drug-likeness (QED) is 0.343. The van der Waals surface area contributed by atoms with Gasteiger partial charge in [0.1, 0.15) is 0 Å². The molecule has 42 heavy (non-hydrogen) atoms. The molecule has 0 bridgehead atoms. The summed E-state index contributed by atoms with van der Waals surface area (Å²) >= 11 is 5.67. The van der Waals surface area contributed by atoms with Gasteiger partial charge in [0.25, 0.3) is 0 Å². The van der Waals surface area contributed by atoms with E-state index >= 15 is 0 Å². The maximum absolute atomic E-state index is 13.1. The number of nitrogens with one attached hydrogen (secondary N) is 2. The van der Waals surface area contributed by atoms with Crippen LogP contribution < -0.4 is 20.1 Å². The molecule has 2 aliphatic rings. The number of alkyl halides is 6. The van der Waals surface area contributed by atoms with Crippen LogP contribution in [-0.2, 0) is 16.4 Å². The number of carbonyl (C=O) groups is 2. The molecule has 232 valence electrons. The number of likely N-dealkylation sites (tertiary alicyclic amines) is 1. The van der Waals surface area contributed by atoms with E-state index in [1.165, 1.54) is 11.6 Å². The lowest BCUT2D eigenvalue weighted by molar-refractivity contribution is -0.192. The number of urea groups is 1. The Bertz CT molecular complexity index is 1290. The van der Waals surface area contributed by atoms with Gasteiger partial charge in [-0.25, -0.2) is 9.59 Å². The number of rotatable bonds is 5. The van der Waals surface area contributed by atoms with Gasteiger partial charge in [0.15, 0.2) is 11.5 Å². The Hall–Kier alpha value is -3.39. The lowest BCUT2D eigenvalue weighted by atomic mass is 9.63. The fraction of sp³-hybridized carbons (Fsp3) is 0.481. The molecule has 1 saturated heterocycles. The molecule has 3 unspecified atom stereocenters. The first-order valence-corrected chi connectivity index (χ1v) is 13.0. The summed E-state index contributed by atoms with van der Waals surface area (Å²) in [6, 6.07) is 8.77. The molecule has 15 heteroatoms. The fourth-order valence-electron chi connectivity index (χ4n) is 5.62. The normalized spacial score (nSPS) is 22.3. The predicted octanol–water partition coefficient (Wildman–Crippen LogP) is 6.18. The summed E-state index contributed by atoms with van der Waals surface area (Å²) in [5, 5.41) is 12.2. The van der Waals surface area contributed by atoms with Gasteiger partial charge >= 0.3 is 24.4 Å². The predicted molar refractivity (Wildman–Crippen MR) is 142 cm³/mol. The SMILES string of the molecule is COc1ccc(C23CCC(NC(=O)Nc4ccc(Cl)c(C(F)(F)F)c4)CC2CN(C)C3)cc1OC.O=C(O)C(F)(F)F. The summed E-state index contributed by atoms with van der Waals surface area (Å²) in [5.41, 5.74) is 0.174. The van der Waals surface area contributed by atoms with Gasteiger partial charge in [-0.2, -0.15) is 26.3 Å². The van der Waals surface area contributed by atoms with Crippen LogP contribution in [0.15, 0.2) is 36.4 Å². The van der Waals surface area contributed by atoms with Crippen molar-refractivity contribution in [1.82, 2.24) is 10.2 Å². The van der Waals surface area contributed by atoms with Gasteiger partial charge in [-0.05, 0) is 68.1 Å². The molecule has 0 aromatic heterocycles. The van der Waals surface area contributed by atoms with Crippen molar-refractivity contribution in [2.45, 2.75) is 43.1 Å². The minimum Gasteiger partial charge on any atom is -0.493 e. The standard InChI is InChI=1S/C25H29ClF3N3O3.C2HF3O2/c1-32-13-16-10-18(31-23(33)30-17-5-6-20(26)19(12-17)25(27,28)29)8-9-24(16,14-32)15-4-7-21(34-2)22(11-15)35-3;3-2(4,5)1(6)7/h4-7,11-12,16,18H,8-10,13-14H2,1-3H3,(H2,30,31,33);(H,6,7). The van der Waals surface area contributed by atoms with E-state index in [9.17, 15) is 31.1 Å². The lowest BCUT2D eigenvalue weighted by Gasteiger charge is -2.42. The van der Waals surface area contributed by atoms with Crippen LogP contribution in [0.3, 0.4) is 0 Å². The van der Waals surface area contributed by atoms with E-state index in [1.807, 2.05) is 12.1 Å². The maximum Gasteiger partial charge on any atom is 0.490 e. The number of ether oxygens (including phenoxy) is 2. The number of fused-ring (bicyclic) bond motifs is 1. The van der Waals surface area contributed by atoms with Gasteiger partial charge in [0, 0.05) is 30.2 Å². The summed E-state index contributed by atoms with van der Waals surface area (Å²) in [6.07, 6.45) is -7.31. The zero-order valence-corrected chi connectivity index (χ0v) is 23.6. The number of halogens is 7. The average Bonchev–Trinajstić information content (AvgIpc) is 3.24. The summed E-state index contributed by atoms with van der Waals surface area (Å²) in [6.45, 7) is 1.79. The van der Waals surface area contributed by atoms with Gasteiger partial charge in [-0.3, -0.25) is 0 Å². The molecule has 1 aliphatic carbocycles. The summed E-state index contributed by atoms with van der Waals surface area (Å²) in [5.74, 6) is -1.09.